The van der Waals surface area contributed by atoms with E-state index in [4.69, 9.17) is 4.52 Å². The number of amidine groups is 1. The van der Waals surface area contributed by atoms with Crippen LogP contribution in [0.4, 0.5) is 11.6 Å². The monoisotopic (exact) mass is 308 g/mol. The van der Waals surface area contributed by atoms with Gasteiger partial charge in [0.2, 0.25) is 5.27 Å². The lowest BCUT2D eigenvalue weighted by Crippen LogP contribution is -2.35. The first-order valence-corrected chi connectivity index (χ1v) is 7.28. The van der Waals surface area contributed by atoms with Crippen LogP contribution < -0.4 is 15.1 Å². The standard InChI is InChI=1S/C17H16N4O2/c22-17(18-15-9-5-2-6-10-15)19-16-13-21(20-23-16)12-11-14-7-3-1-4-8-14/h1-10,13H,11-12H2,(H-,18,19,20,22). The quantitative estimate of drug-likeness (QED) is 0.442. The molecule has 6 nitrogen and oxygen atoms in total. The fourth-order valence-electron chi connectivity index (χ4n) is 2.08. The molecule has 6 heteroatoms. The second-order valence-corrected chi connectivity index (χ2v) is 4.95. The summed E-state index contributed by atoms with van der Waals surface area (Å²) in [6.07, 6.45) is 2.43. The summed E-state index contributed by atoms with van der Waals surface area (Å²) in [5.41, 5.74) is 1.89. The highest BCUT2D eigenvalue weighted by Gasteiger charge is 2.10. The summed E-state index contributed by atoms with van der Waals surface area (Å²) in [5.74, 6) is 0.173. The van der Waals surface area contributed by atoms with Crippen LogP contribution in [-0.4, -0.2) is 11.3 Å². The van der Waals surface area contributed by atoms with E-state index < -0.39 is 6.02 Å². The Labute approximate surface area is 133 Å². The van der Waals surface area contributed by atoms with E-state index in [-0.39, 0.29) is 5.88 Å². The van der Waals surface area contributed by atoms with Crippen molar-refractivity contribution in [2.24, 2.45) is 4.99 Å². The Morgan fingerprint density at radius 2 is 1.78 bits per heavy atom. The number of hydrogen-bond donors (Lipinski definition) is 1. The van der Waals surface area contributed by atoms with Gasteiger partial charge in [0, 0.05) is 12.1 Å². The van der Waals surface area contributed by atoms with E-state index in [0.717, 1.165) is 6.42 Å². The lowest BCUT2D eigenvalue weighted by Gasteiger charge is -2.11. The largest absolute Gasteiger partial charge is 0.846 e. The Morgan fingerprint density at radius 1 is 1.09 bits per heavy atom. The van der Waals surface area contributed by atoms with Crippen LogP contribution in [0.3, 0.4) is 0 Å². The molecule has 0 aliphatic heterocycles. The van der Waals surface area contributed by atoms with E-state index in [1.54, 1.807) is 23.0 Å². The Morgan fingerprint density at radius 3 is 2.52 bits per heavy atom. The van der Waals surface area contributed by atoms with E-state index in [1.807, 2.05) is 36.4 Å². The summed E-state index contributed by atoms with van der Waals surface area (Å²) in [6.45, 7) is 0.656. The van der Waals surface area contributed by atoms with E-state index in [2.05, 4.69) is 27.7 Å². The molecule has 0 saturated carbocycles. The molecule has 0 fully saturated rings. The maximum Gasteiger partial charge on any atom is 0.322 e. The van der Waals surface area contributed by atoms with E-state index in [9.17, 15) is 5.11 Å². The van der Waals surface area contributed by atoms with Crippen LogP contribution in [-0.2, 0) is 13.0 Å². The summed E-state index contributed by atoms with van der Waals surface area (Å²) in [5, 5.41) is 18.3. The average molecular weight is 308 g/mol. The first kappa shape index (κ1) is 14.8. The fraction of sp³-hybridized carbons (Fsp3) is 0.118. The molecule has 0 unspecified atom stereocenters. The molecule has 0 aliphatic rings. The summed E-state index contributed by atoms with van der Waals surface area (Å²) < 4.78 is 6.67. The van der Waals surface area contributed by atoms with Gasteiger partial charge < -0.3 is 10.4 Å². The molecule has 0 aliphatic carbocycles. The molecular formula is C17H16N4O2. The Kier molecular flexibility index (Phi) is 4.63. The second-order valence-electron chi connectivity index (χ2n) is 4.95. The highest BCUT2D eigenvalue weighted by molar-refractivity contribution is 5.86. The number of aromatic nitrogens is 2. The molecule has 0 spiro atoms. The van der Waals surface area contributed by atoms with Gasteiger partial charge in [0.1, 0.15) is 0 Å². The lowest BCUT2D eigenvalue weighted by atomic mass is 10.1. The third kappa shape index (κ3) is 4.41. The highest BCUT2D eigenvalue weighted by Crippen LogP contribution is 2.08. The minimum atomic E-state index is -0.498. The highest BCUT2D eigenvalue weighted by atomic mass is 16.5. The molecule has 0 amide bonds. The van der Waals surface area contributed by atoms with E-state index >= 15 is 0 Å². The van der Waals surface area contributed by atoms with E-state index in [1.165, 1.54) is 5.56 Å². The maximum absolute atomic E-state index is 11.8. The molecule has 116 valence electrons. The Bertz CT molecular complexity index is 770. The predicted octanol–water partition coefficient (Wildman–Crippen LogP) is 1.66. The zero-order valence-corrected chi connectivity index (χ0v) is 12.4. The molecule has 1 aromatic heterocycles. The lowest BCUT2D eigenvalue weighted by molar-refractivity contribution is -0.761. The third-order valence-electron chi connectivity index (χ3n) is 3.21. The number of benzene rings is 2. The molecule has 0 saturated heterocycles. The average Bonchev–Trinajstić information content (AvgIpc) is 3.02. The second kappa shape index (κ2) is 7.22. The van der Waals surface area contributed by atoms with Gasteiger partial charge in [-0.3, -0.25) is 4.52 Å². The topological polar surface area (TPSA) is 77.4 Å². The van der Waals surface area contributed by atoms with Crippen molar-refractivity contribution in [2.75, 3.05) is 5.32 Å². The molecular weight excluding hydrogens is 292 g/mol. The van der Waals surface area contributed by atoms with Gasteiger partial charge in [-0.2, -0.15) is 0 Å². The smallest absolute Gasteiger partial charge is 0.322 e. The molecule has 2 aromatic carbocycles. The van der Waals surface area contributed by atoms with Crippen molar-refractivity contribution in [1.82, 2.24) is 5.27 Å². The SMILES string of the molecule is [O-]C(=Nc1c[n+](CCc2ccccc2)no1)Nc1ccccc1. The minimum absolute atomic E-state index is 0.173. The summed E-state index contributed by atoms with van der Waals surface area (Å²) in [7, 11) is 0. The maximum atomic E-state index is 11.8. The fourth-order valence-corrected chi connectivity index (χ4v) is 2.08. The van der Waals surface area contributed by atoms with Gasteiger partial charge in [0.25, 0.3) is 6.20 Å². The number of nitrogens with one attached hydrogen (secondary N) is 1. The molecule has 3 aromatic rings. The van der Waals surface area contributed by atoms with Gasteiger partial charge in [0.15, 0.2) is 6.54 Å². The van der Waals surface area contributed by atoms with Gasteiger partial charge in [-0.05, 0) is 17.7 Å². The van der Waals surface area contributed by atoms with Gasteiger partial charge in [-0.15, -0.1) is 0 Å². The van der Waals surface area contributed by atoms with Gasteiger partial charge in [-0.25, -0.2) is 4.99 Å². The van der Waals surface area contributed by atoms with Crippen molar-refractivity contribution < 1.29 is 14.3 Å². The van der Waals surface area contributed by atoms with Crippen LogP contribution in [0.25, 0.3) is 0 Å². The first-order chi connectivity index (χ1) is 11.3. The van der Waals surface area contributed by atoms with Crippen LogP contribution >= 0.6 is 0 Å². The molecule has 1 N–H and O–H groups in total. The van der Waals surface area contributed by atoms with Crippen molar-refractivity contribution >= 4 is 17.6 Å². The molecule has 23 heavy (non-hydrogen) atoms. The first-order valence-electron chi connectivity index (χ1n) is 7.28. The molecule has 3 rings (SSSR count). The summed E-state index contributed by atoms with van der Waals surface area (Å²) in [6, 6.07) is 18.7. The normalized spacial score (nSPS) is 11.4. The summed E-state index contributed by atoms with van der Waals surface area (Å²) >= 11 is 0. The van der Waals surface area contributed by atoms with Gasteiger partial charge in [-0.1, -0.05) is 53.2 Å². The number of aryl methyl sites for hydroxylation is 2. The third-order valence-corrected chi connectivity index (χ3v) is 3.21. The number of anilines is 1. The van der Waals surface area contributed by atoms with Crippen molar-refractivity contribution in [2.45, 2.75) is 13.0 Å². The van der Waals surface area contributed by atoms with Crippen molar-refractivity contribution in [3.8, 4) is 0 Å². The number of aliphatic imine (C=N–C) groups is 1. The minimum Gasteiger partial charge on any atom is -0.846 e. The van der Waals surface area contributed by atoms with Crippen molar-refractivity contribution in [3.05, 3.63) is 72.4 Å². The number of para-hydroxylation sites is 1. The summed E-state index contributed by atoms with van der Waals surface area (Å²) in [4.78, 5) is 3.83. The molecule has 0 bridgehead atoms. The van der Waals surface area contributed by atoms with Crippen molar-refractivity contribution in [3.63, 3.8) is 0 Å². The van der Waals surface area contributed by atoms with Crippen LogP contribution in [0.2, 0.25) is 0 Å². The molecule has 0 radical (unpaired) electrons. The van der Waals surface area contributed by atoms with Crippen molar-refractivity contribution in [1.29, 1.82) is 0 Å². The predicted molar refractivity (Wildman–Crippen MR) is 84.0 cm³/mol. The number of rotatable bonds is 5. The number of nitrogens with zero attached hydrogens (tertiary/aromatic N) is 3. The zero-order valence-electron chi connectivity index (χ0n) is 12.4. The van der Waals surface area contributed by atoms with E-state index in [0.29, 0.717) is 12.2 Å². The van der Waals surface area contributed by atoms with Crippen LogP contribution in [0, 0.1) is 0 Å². The Hall–Kier alpha value is -3.15. The van der Waals surface area contributed by atoms with Crippen LogP contribution in [0.5, 0.6) is 0 Å². The number of hydrogen-bond acceptors (Lipinski definition) is 4. The molecule has 0 atom stereocenters. The van der Waals surface area contributed by atoms with Crippen LogP contribution in [0.1, 0.15) is 5.56 Å². The van der Waals surface area contributed by atoms with Gasteiger partial charge >= 0.3 is 5.88 Å². The Balaban J connectivity index is 1.59. The zero-order chi connectivity index (χ0) is 15.9. The van der Waals surface area contributed by atoms with Crippen LogP contribution in [0.15, 0.2) is 76.4 Å². The van der Waals surface area contributed by atoms with Gasteiger partial charge in [0.05, 0.1) is 6.02 Å². The molecule has 1 heterocycles.